The Morgan fingerprint density at radius 1 is 1.62 bits per heavy atom. The molecule has 0 spiro atoms. The third kappa shape index (κ3) is 3.75. The molecule has 1 atom stereocenters. The summed E-state index contributed by atoms with van der Waals surface area (Å²) < 4.78 is 0. The van der Waals surface area contributed by atoms with Gasteiger partial charge in [-0.05, 0) is 33.2 Å². The number of pyridine rings is 1. The van der Waals surface area contributed by atoms with E-state index in [0.717, 1.165) is 17.9 Å². The van der Waals surface area contributed by atoms with Crippen LogP contribution in [0.5, 0.6) is 0 Å². The number of rotatable bonds is 5. The van der Waals surface area contributed by atoms with Gasteiger partial charge in [-0.2, -0.15) is 0 Å². The Hall–Kier alpha value is -1.20. The Morgan fingerprint density at radius 3 is 2.88 bits per heavy atom. The van der Waals surface area contributed by atoms with Gasteiger partial charge < -0.3 is 16.0 Å². The van der Waals surface area contributed by atoms with Crippen LogP contribution in [0.3, 0.4) is 0 Å². The number of hydrogen-bond acceptors (Lipinski definition) is 4. The number of hydrogen-bond donors (Lipinski definition) is 2. The molecule has 1 heterocycles. The number of likely N-dealkylation sites (N-methyl/N-ethyl adjacent to an activating group) is 1. The Morgan fingerprint density at radius 2 is 2.31 bits per heavy atom. The molecule has 0 bridgehead atoms. The molecular formula is C11H18N4S. The Bertz CT molecular complexity index is 365. The van der Waals surface area contributed by atoms with Gasteiger partial charge in [0.25, 0.3) is 0 Å². The van der Waals surface area contributed by atoms with Crippen molar-refractivity contribution in [3.63, 3.8) is 0 Å². The van der Waals surface area contributed by atoms with E-state index in [1.807, 2.05) is 26.2 Å². The summed E-state index contributed by atoms with van der Waals surface area (Å²) in [4.78, 5) is 6.73. The van der Waals surface area contributed by atoms with Gasteiger partial charge in [0.15, 0.2) is 0 Å². The Labute approximate surface area is 102 Å². The molecule has 1 rings (SSSR count). The number of nitrogens with two attached hydrogens (primary N) is 1. The fraction of sp³-hybridized carbons (Fsp3) is 0.455. The molecule has 1 aromatic heterocycles. The third-order valence-corrected chi connectivity index (χ3v) is 2.32. The van der Waals surface area contributed by atoms with E-state index in [2.05, 4.69) is 22.1 Å². The molecule has 0 aliphatic carbocycles. The summed E-state index contributed by atoms with van der Waals surface area (Å²) in [6, 6.07) is 3.99. The van der Waals surface area contributed by atoms with Crippen molar-refractivity contribution in [2.75, 3.05) is 26.0 Å². The van der Waals surface area contributed by atoms with E-state index in [1.165, 1.54) is 0 Å². The van der Waals surface area contributed by atoms with Gasteiger partial charge in [-0.1, -0.05) is 12.2 Å². The SMILES string of the molecule is CC(CN(C)C)Nc1ncccc1C(N)=S. The average molecular weight is 238 g/mol. The third-order valence-electron chi connectivity index (χ3n) is 2.10. The molecule has 4 nitrogen and oxygen atoms in total. The highest BCUT2D eigenvalue weighted by Crippen LogP contribution is 2.12. The fourth-order valence-electron chi connectivity index (χ4n) is 1.55. The van der Waals surface area contributed by atoms with Crippen LogP contribution >= 0.6 is 12.2 Å². The number of nitrogens with zero attached hydrogens (tertiary/aromatic N) is 2. The molecule has 16 heavy (non-hydrogen) atoms. The van der Waals surface area contributed by atoms with Crippen LogP contribution in [0.2, 0.25) is 0 Å². The minimum Gasteiger partial charge on any atom is -0.389 e. The number of aromatic nitrogens is 1. The van der Waals surface area contributed by atoms with E-state index in [1.54, 1.807) is 6.20 Å². The van der Waals surface area contributed by atoms with E-state index in [-0.39, 0.29) is 6.04 Å². The zero-order valence-corrected chi connectivity index (χ0v) is 10.7. The molecule has 1 aromatic rings. The molecule has 0 aliphatic heterocycles. The van der Waals surface area contributed by atoms with Gasteiger partial charge in [0.1, 0.15) is 10.8 Å². The van der Waals surface area contributed by atoms with Crippen LogP contribution in [-0.4, -0.2) is 41.6 Å². The first-order chi connectivity index (χ1) is 7.50. The van der Waals surface area contributed by atoms with Gasteiger partial charge >= 0.3 is 0 Å². The summed E-state index contributed by atoms with van der Waals surface area (Å²) >= 11 is 4.98. The topological polar surface area (TPSA) is 54.2 Å². The van der Waals surface area contributed by atoms with E-state index >= 15 is 0 Å². The first-order valence-corrected chi connectivity index (χ1v) is 5.57. The van der Waals surface area contributed by atoms with E-state index in [4.69, 9.17) is 18.0 Å². The van der Waals surface area contributed by atoms with Crippen LogP contribution in [0.15, 0.2) is 18.3 Å². The molecule has 0 fully saturated rings. The molecule has 0 amide bonds. The lowest BCUT2D eigenvalue weighted by molar-refractivity contribution is 0.392. The molecule has 0 saturated heterocycles. The predicted octanol–water partition coefficient (Wildman–Crippen LogP) is 1.08. The van der Waals surface area contributed by atoms with E-state index in [9.17, 15) is 0 Å². The molecule has 3 N–H and O–H groups in total. The molecule has 1 unspecified atom stereocenters. The van der Waals surface area contributed by atoms with Crippen molar-refractivity contribution < 1.29 is 0 Å². The normalized spacial score (nSPS) is 12.5. The lowest BCUT2D eigenvalue weighted by Gasteiger charge is -2.20. The van der Waals surface area contributed by atoms with Crippen molar-refractivity contribution in [2.24, 2.45) is 5.73 Å². The Balaban J connectivity index is 2.76. The van der Waals surface area contributed by atoms with Crippen LogP contribution in [0.1, 0.15) is 12.5 Å². The van der Waals surface area contributed by atoms with Gasteiger partial charge in [-0.3, -0.25) is 0 Å². The lowest BCUT2D eigenvalue weighted by atomic mass is 10.2. The molecule has 88 valence electrons. The molecule has 0 aromatic carbocycles. The van der Waals surface area contributed by atoms with Gasteiger partial charge in [0, 0.05) is 18.8 Å². The van der Waals surface area contributed by atoms with Crippen molar-refractivity contribution in [1.29, 1.82) is 0 Å². The van der Waals surface area contributed by atoms with Gasteiger partial charge in [-0.15, -0.1) is 0 Å². The van der Waals surface area contributed by atoms with E-state index < -0.39 is 0 Å². The number of anilines is 1. The minimum atomic E-state index is 0.290. The summed E-state index contributed by atoms with van der Waals surface area (Å²) in [5, 5.41) is 3.30. The van der Waals surface area contributed by atoms with Gasteiger partial charge in [-0.25, -0.2) is 4.98 Å². The van der Waals surface area contributed by atoms with Crippen molar-refractivity contribution in [1.82, 2.24) is 9.88 Å². The highest BCUT2D eigenvalue weighted by Gasteiger charge is 2.09. The summed E-state index contributed by atoms with van der Waals surface area (Å²) in [6.07, 6.45) is 1.73. The van der Waals surface area contributed by atoms with Gasteiger partial charge in [0.2, 0.25) is 0 Å². The average Bonchev–Trinajstić information content (AvgIpc) is 2.16. The highest BCUT2D eigenvalue weighted by molar-refractivity contribution is 7.80. The quantitative estimate of drug-likeness (QED) is 0.752. The maximum atomic E-state index is 5.63. The van der Waals surface area contributed by atoms with Gasteiger partial charge in [0.05, 0.1) is 5.56 Å². The summed E-state index contributed by atoms with van der Waals surface area (Å²) in [7, 11) is 4.07. The molecule has 0 saturated carbocycles. The standard InChI is InChI=1S/C11H18N4S/c1-8(7-15(2)3)14-11-9(10(12)16)5-4-6-13-11/h4-6,8H,7H2,1-3H3,(H2,12,16)(H,13,14). The first kappa shape index (κ1) is 12.9. The minimum absolute atomic E-state index is 0.290. The maximum absolute atomic E-state index is 5.63. The van der Waals surface area contributed by atoms with Crippen molar-refractivity contribution in [3.05, 3.63) is 23.9 Å². The van der Waals surface area contributed by atoms with E-state index in [0.29, 0.717) is 4.99 Å². The van der Waals surface area contributed by atoms with Crippen LogP contribution in [0, 0.1) is 0 Å². The zero-order chi connectivity index (χ0) is 12.1. The smallest absolute Gasteiger partial charge is 0.136 e. The maximum Gasteiger partial charge on any atom is 0.136 e. The molecule has 5 heteroatoms. The van der Waals surface area contributed by atoms with Crippen LogP contribution in [0.4, 0.5) is 5.82 Å². The molecule has 0 radical (unpaired) electrons. The highest BCUT2D eigenvalue weighted by atomic mass is 32.1. The van der Waals surface area contributed by atoms with Crippen molar-refractivity contribution in [3.8, 4) is 0 Å². The van der Waals surface area contributed by atoms with Crippen LogP contribution < -0.4 is 11.1 Å². The second-order valence-corrected chi connectivity index (χ2v) is 4.51. The Kier molecular flexibility index (Phi) is 4.64. The molecular weight excluding hydrogens is 220 g/mol. The second-order valence-electron chi connectivity index (χ2n) is 4.07. The van der Waals surface area contributed by atoms with Crippen LogP contribution in [-0.2, 0) is 0 Å². The predicted molar refractivity (Wildman–Crippen MR) is 71.8 cm³/mol. The zero-order valence-electron chi connectivity index (χ0n) is 9.90. The second kappa shape index (κ2) is 5.77. The van der Waals surface area contributed by atoms with Crippen molar-refractivity contribution >= 4 is 23.0 Å². The van der Waals surface area contributed by atoms with Crippen LogP contribution in [0.25, 0.3) is 0 Å². The summed E-state index contributed by atoms with van der Waals surface area (Å²) in [5.41, 5.74) is 6.43. The summed E-state index contributed by atoms with van der Waals surface area (Å²) in [5.74, 6) is 0.754. The lowest BCUT2D eigenvalue weighted by Crippen LogP contribution is -2.30. The largest absolute Gasteiger partial charge is 0.389 e. The van der Waals surface area contributed by atoms with Crippen molar-refractivity contribution in [2.45, 2.75) is 13.0 Å². The monoisotopic (exact) mass is 238 g/mol. The fourth-order valence-corrected chi connectivity index (χ4v) is 1.71. The summed E-state index contributed by atoms with van der Waals surface area (Å²) in [6.45, 7) is 3.02. The molecule has 0 aliphatic rings. The number of thiocarbonyl (C=S) groups is 1. The first-order valence-electron chi connectivity index (χ1n) is 5.16. The number of nitrogens with one attached hydrogen (secondary N) is 1.